The van der Waals surface area contributed by atoms with Gasteiger partial charge in [0.05, 0.1) is 12.8 Å². The molecule has 0 saturated heterocycles. The molecule has 3 aromatic carbocycles. The Labute approximate surface area is 163 Å². The van der Waals surface area contributed by atoms with Crippen molar-refractivity contribution in [2.24, 2.45) is 0 Å². The highest BCUT2D eigenvalue weighted by Crippen LogP contribution is 2.32. The minimum absolute atomic E-state index is 0.0723. The van der Waals surface area contributed by atoms with Crippen molar-refractivity contribution in [1.82, 2.24) is 4.98 Å². The zero-order valence-corrected chi connectivity index (χ0v) is 15.5. The summed E-state index contributed by atoms with van der Waals surface area (Å²) in [6.07, 6.45) is 1.07. The first kappa shape index (κ1) is 17.8. The lowest BCUT2D eigenvalue weighted by Gasteiger charge is -2.11. The van der Waals surface area contributed by atoms with Crippen LogP contribution in [0.2, 0.25) is 0 Å². The van der Waals surface area contributed by atoms with E-state index in [-0.39, 0.29) is 5.91 Å². The highest BCUT2D eigenvalue weighted by atomic mass is 16.5. The SMILES string of the molecule is COc1ccc(-c2nc3ccccc3o2)cc1NC(=O)CCc1ccccc1. The smallest absolute Gasteiger partial charge is 0.227 e. The standard InChI is InChI=1S/C23H20N2O3/c1-27-20-13-12-17(23-25-18-9-5-6-10-21(18)28-23)15-19(20)24-22(26)14-11-16-7-3-2-4-8-16/h2-10,12-13,15H,11,14H2,1H3,(H,24,26). The second-order valence-corrected chi connectivity index (χ2v) is 6.44. The van der Waals surface area contributed by atoms with Crippen molar-refractivity contribution in [3.8, 4) is 17.2 Å². The van der Waals surface area contributed by atoms with Crippen molar-refractivity contribution in [3.63, 3.8) is 0 Å². The third-order valence-electron chi connectivity index (χ3n) is 4.50. The molecule has 0 unspecified atom stereocenters. The summed E-state index contributed by atoms with van der Waals surface area (Å²) in [5.74, 6) is 1.02. The van der Waals surface area contributed by atoms with Gasteiger partial charge < -0.3 is 14.5 Å². The number of carbonyl (C=O) groups excluding carboxylic acids is 1. The van der Waals surface area contributed by atoms with Gasteiger partial charge in [0.1, 0.15) is 11.3 Å². The van der Waals surface area contributed by atoms with E-state index < -0.39 is 0 Å². The number of nitrogens with one attached hydrogen (secondary N) is 1. The monoisotopic (exact) mass is 372 g/mol. The maximum Gasteiger partial charge on any atom is 0.227 e. The Kier molecular flexibility index (Phi) is 5.06. The molecule has 0 bridgehead atoms. The fourth-order valence-electron chi connectivity index (χ4n) is 3.05. The number of methoxy groups -OCH3 is 1. The molecule has 1 N–H and O–H groups in total. The van der Waals surface area contributed by atoms with Crippen LogP contribution in [-0.4, -0.2) is 18.0 Å². The molecule has 4 aromatic rings. The van der Waals surface area contributed by atoms with E-state index in [4.69, 9.17) is 9.15 Å². The van der Waals surface area contributed by atoms with Crippen molar-refractivity contribution >= 4 is 22.7 Å². The Morgan fingerprint density at radius 1 is 1.04 bits per heavy atom. The summed E-state index contributed by atoms with van der Waals surface area (Å²) in [6.45, 7) is 0. The molecule has 0 aliphatic carbocycles. The molecule has 0 atom stereocenters. The molecule has 1 amide bonds. The molecule has 0 aliphatic heterocycles. The zero-order chi connectivity index (χ0) is 19.3. The third-order valence-corrected chi connectivity index (χ3v) is 4.50. The minimum atomic E-state index is -0.0723. The fraction of sp³-hybridized carbons (Fsp3) is 0.130. The van der Waals surface area contributed by atoms with Crippen molar-refractivity contribution in [1.29, 1.82) is 0 Å². The van der Waals surface area contributed by atoms with Gasteiger partial charge in [0, 0.05) is 12.0 Å². The average molecular weight is 372 g/mol. The van der Waals surface area contributed by atoms with Crippen LogP contribution in [0.15, 0.2) is 77.2 Å². The Balaban J connectivity index is 1.54. The normalized spacial score (nSPS) is 10.8. The van der Waals surface area contributed by atoms with Crippen LogP contribution >= 0.6 is 0 Å². The number of nitrogens with zero attached hydrogens (tertiary/aromatic N) is 1. The van der Waals surface area contributed by atoms with Crippen LogP contribution in [0.5, 0.6) is 5.75 Å². The molecule has 0 radical (unpaired) electrons. The van der Waals surface area contributed by atoms with E-state index in [1.807, 2.05) is 66.7 Å². The molecule has 0 saturated carbocycles. The summed E-state index contributed by atoms with van der Waals surface area (Å²) in [4.78, 5) is 17.0. The van der Waals surface area contributed by atoms with Crippen LogP contribution in [0.25, 0.3) is 22.6 Å². The molecule has 5 heteroatoms. The summed E-state index contributed by atoms with van der Waals surface area (Å²) < 4.78 is 11.2. The van der Waals surface area contributed by atoms with E-state index in [1.165, 1.54) is 0 Å². The zero-order valence-electron chi connectivity index (χ0n) is 15.5. The fourth-order valence-corrected chi connectivity index (χ4v) is 3.05. The van der Waals surface area contributed by atoms with Crippen LogP contribution < -0.4 is 10.1 Å². The van der Waals surface area contributed by atoms with Crippen molar-refractivity contribution in [3.05, 3.63) is 78.4 Å². The van der Waals surface area contributed by atoms with Crippen LogP contribution in [-0.2, 0) is 11.2 Å². The number of benzene rings is 3. The second kappa shape index (κ2) is 7.96. The molecular formula is C23H20N2O3. The summed E-state index contributed by atoms with van der Waals surface area (Å²) in [6, 6.07) is 23.0. The van der Waals surface area contributed by atoms with Crippen LogP contribution in [0.1, 0.15) is 12.0 Å². The minimum Gasteiger partial charge on any atom is -0.495 e. The number of para-hydroxylation sites is 2. The Morgan fingerprint density at radius 3 is 2.61 bits per heavy atom. The first-order valence-corrected chi connectivity index (χ1v) is 9.11. The lowest BCUT2D eigenvalue weighted by Crippen LogP contribution is -2.13. The van der Waals surface area contributed by atoms with E-state index in [0.29, 0.717) is 30.2 Å². The van der Waals surface area contributed by atoms with Gasteiger partial charge in [-0.25, -0.2) is 4.98 Å². The number of hydrogen-bond donors (Lipinski definition) is 1. The predicted octanol–water partition coefficient (Wildman–Crippen LogP) is 5.07. The molecule has 1 heterocycles. The van der Waals surface area contributed by atoms with Gasteiger partial charge in [-0.05, 0) is 42.3 Å². The maximum absolute atomic E-state index is 12.4. The van der Waals surface area contributed by atoms with Crippen molar-refractivity contribution in [2.75, 3.05) is 12.4 Å². The van der Waals surface area contributed by atoms with Gasteiger partial charge in [-0.1, -0.05) is 42.5 Å². The number of fused-ring (bicyclic) bond motifs is 1. The first-order chi connectivity index (χ1) is 13.7. The van der Waals surface area contributed by atoms with Gasteiger partial charge in [-0.3, -0.25) is 4.79 Å². The lowest BCUT2D eigenvalue weighted by molar-refractivity contribution is -0.116. The van der Waals surface area contributed by atoms with Gasteiger partial charge in [-0.2, -0.15) is 0 Å². The van der Waals surface area contributed by atoms with E-state index in [2.05, 4.69) is 10.3 Å². The molecule has 4 rings (SSSR count). The first-order valence-electron chi connectivity index (χ1n) is 9.11. The van der Waals surface area contributed by atoms with Crippen LogP contribution in [0, 0.1) is 0 Å². The Morgan fingerprint density at radius 2 is 1.82 bits per heavy atom. The summed E-state index contributed by atoms with van der Waals surface area (Å²) in [7, 11) is 1.58. The number of carbonyl (C=O) groups is 1. The van der Waals surface area contributed by atoms with E-state index in [1.54, 1.807) is 13.2 Å². The van der Waals surface area contributed by atoms with Crippen LogP contribution in [0.4, 0.5) is 5.69 Å². The summed E-state index contributed by atoms with van der Waals surface area (Å²) in [5, 5.41) is 2.94. The topological polar surface area (TPSA) is 64.4 Å². The quantitative estimate of drug-likeness (QED) is 0.513. The number of rotatable bonds is 6. The van der Waals surface area contributed by atoms with Gasteiger partial charge in [0.25, 0.3) is 0 Å². The Hall–Kier alpha value is -3.60. The number of ether oxygens (including phenoxy) is 1. The molecule has 0 fully saturated rings. The number of oxazole rings is 1. The number of aryl methyl sites for hydroxylation is 1. The molecular weight excluding hydrogens is 352 g/mol. The highest BCUT2D eigenvalue weighted by molar-refractivity contribution is 5.93. The maximum atomic E-state index is 12.4. The highest BCUT2D eigenvalue weighted by Gasteiger charge is 2.13. The second-order valence-electron chi connectivity index (χ2n) is 6.44. The van der Waals surface area contributed by atoms with Crippen LogP contribution in [0.3, 0.4) is 0 Å². The number of hydrogen-bond acceptors (Lipinski definition) is 4. The molecule has 140 valence electrons. The summed E-state index contributed by atoms with van der Waals surface area (Å²) in [5.41, 5.74) is 4.02. The molecule has 1 aromatic heterocycles. The Bertz CT molecular complexity index is 1070. The lowest BCUT2D eigenvalue weighted by atomic mass is 10.1. The van der Waals surface area contributed by atoms with Crippen molar-refractivity contribution < 1.29 is 13.9 Å². The van der Waals surface area contributed by atoms with Gasteiger partial charge in [-0.15, -0.1) is 0 Å². The van der Waals surface area contributed by atoms with E-state index in [9.17, 15) is 4.79 Å². The average Bonchev–Trinajstić information content (AvgIpc) is 3.17. The molecule has 0 spiro atoms. The third kappa shape index (κ3) is 3.88. The van der Waals surface area contributed by atoms with Crippen molar-refractivity contribution in [2.45, 2.75) is 12.8 Å². The number of amides is 1. The molecule has 0 aliphatic rings. The predicted molar refractivity (Wildman–Crippen MR) is 109 cm³/mol. The van der Waals surface area contributed by atoms with Gasteiger partial charge in [0.15, 0.2) is 5.58 Å². The number of anilines is 1. The summed E-state index contributed by atoms with van der Waals surface area (Å²) >= 11 is 0. The number of aromatic nitrogens is 1. The van der Waals surface area contributed by atoms with E-state index in [0.717, 1.165) is 22.2 Å². The largest absolute Gasteiger partial charge is 0.495 e. The molecule has 28 heavy (non-hydrogen) atoms. The van der Waals surface area contributed by atoms with Gasteiger partial charge >= 0.3 is 0 Å². The molecule has 5 nitrogen and oxygen atoms in total. The van der Waals surface area contributed by atoms with E-state index >= 15 is 0 Å². The van der Waals surface area contributed by atoms with Gasteiger partial charge in [0.2, 0.25) is 11.8 Å².